The quantitative estimate of drug-likeness (QED) is 0.173. The first-order valence-electron chi connectivity index (χ1n) is 21.6. The Hall–Kier alpha value is -6.90. The maximum Gasteiger partial charge on any atom is 0.159 e. The molecule has 0 fully saturated rings. The number of benzene rings is 9. The molecule has 0 amide bonds. The van der Waals surface area contributed by atoms with E-state index in [0.29, 0.717) is 0 Å². The topological polar surface area (TPSA) is 16.4 Å². The van der Waals surface area contributed by atoms with Gasteiger partial charge in [-0.05, 0) is 167 Å². The Morgan fingerprint density at radius 2 is 0.885 bits per heavy atom. The lowest BCUT2D eigenvalue weighted by molar-refractivity contribution is 0.590. The second-order valence-corrected chi connectivity index (χ2v) is 19.1. The van der Waals surface area contributed by atoms with Crippen LogP contribution in [-0.4, -0.2) is 0 Å². The van der Waals surface area contributed by atoms with Crippen molar-refractivity contribution in [1.29, 1.82) is 0 Å². The van der Waals surface area contributed by atoms with Gasteiger partial charge >= 0.3 is 0 Å². The van der Waals surface area contributed by atoms with Crippen molar-refractivity contribution in [3.05, 3.63) is 187 Å². The third kappa shape index (κ3) is 6.15. The molecule has 1 aliphatic carbocycles. The Bertz CT molecular complexity index is 3350. The largest absolute Gasteiger partial charge is 0.454 e. The molecule has 1 aliphatic rings. The molecule has 0 unspecified atom stereocenters. The molecule has 2 heteroatoms. The summed E-state index contributed by atoms with van der Waals surface area (Å²) in [4.78, 5) is 2.37. The van der Waals surface area contributed by atoms with Gasteiger partial charge in [0.1, 0.15) is 5.58 Å². The number of aryl methyl sites for hydroxylation is 1. The number of hydrogen-bond acceptors (Lipinski definition) is 2. The molecule has 10 aromatic rings. The van der Waals surface area contributed by atoms with Crippen molar-refractivity contribution < 1.29 is 4.42 Å². The molecular formula is C59H49NO. The van der Waals surface area contributed by atoms with E-state index in [2.05, 4.69) is 217 Å². The summed E-state index contributed by atoms with van der Waals surface area (Å²) in [5.74, 6) is 0. The van der Waals surface area contributed by atoms with E-state index in [0.717, 1.165) is 44.6 Å². The van der Waals surface area contributed by atoms with Crippen molar-refractivity contribution in [2.45, 2.75) is 59.3 Å². The highest BCUT2D eigenvalue weighted by Crippen LogP contribution is 2.52. The van der Waals surface area contributed by atoms with E-state index in [-0.39, 0.29) is 10.8 Å². The maximum absolute atomic E-state index is 6.66. The fraction of sp³-hybridized carbons (Fsp3) is 0.153. The summed E-state index contributed by atoms with van der Waals surface area (Å²) < 4.78 is 6.66. The van der Waals surface area contributed by atoms with Crippen LogP contribution in [0.5, 0.6) is 0 Å². The molecule has 2 nitrogen and oxygen atoms in total. The molecule has 0 aliphatic heterocycles. The van der Waals surface area contributed by atoms with Crippen molar-refractivity contribution in [3.8, 4) is 44.5 Å². The SMILES string of the molecule is Cc1ccc2c(oc3ccccc32)c1N(c1ccccc1)c1ccc2cc3c(cc2c1)-c1cc2cc(-c4ccc(C(C)(C)C)cc4)c(-c4ccc(C(C)(C)C)cc4)cc2cc1-3. The zero-order valence-corrected chi connectivity index (χ0v) is 36.0. The molecule has 11 rings (SSSR count). The van der Waals surface area contributed by atoms with E-state index in [1.807, 2.05) is 6.07 Å². The van der Waals surface area contributed by atoms with Crippen LogP contribution >= 0.6 is 0 Å². The molecule has 0 atom stereocenters. The number of nitrogens with zero attached hydrogens (tertiary/aromatic N) is 1. The smallest absolute Gasteiger partial charge is 0.159 e. The number of furan rings is 1. The normalized spacial score (nSPS) is 12.5. The average Bonchev–Trinajstić information content (AvgIpc) is 3.64. The van der Waals surface area contributed by atoms with Gasteiger partial charge in [-0.25, -0.2) is 0 Å². The van der Waals surface area contributed by atoms with E-state index in [1.54, 1.807) is 0 Å². The van der Waals surface area contributed by atoms with Crippen LogP contribution in [0.3, 0.4) is 0 Å². The van der Waals surface area contributed by atoms with Crippen molar-refractivity contribution in [1.82, 2.24) is 0 Å². The Balaban J connectivity index is 1.04. The lowest BCUT2D eigenvalue weighted by Crippen LogP contribution is -2.11. The van der Waals surface area contributed by atoms with Gasteiger partial charge < -0.3 is 9.32 Å². The Morgan fingerprint density at radius 1 is 0.393 bits per heavy atom. The number of para-hydroxylation sites is 2. The molecule has 1 heterocycles. The number of anilines is 3. The predicted molar refractivity (Wildman–Crippen MR) is 261 cm³/mol. The number of rotatable bonds is 5. The first kappa shape index (κ1) is 37.1. The third-order valence-electron chi connectivity index (χ3n) is 13.0. The van der Waals surface area contributed by atoms with Gasteiger partial charge in [0.15, 0.2) is 5.58 Å². The average molecular weight is 788 g/mol. The van der Waals surface area contributed by atoms with Crippen molar-refractivity contribution in [2.24, 2.45) is 0 Å². The van der Waals surface area contributed by atoms with Gasteiger partial charge in [0.05, 0.1) is 5.69 Å². The first-order valence-corrected chi connectivity index (χ1v) is 21.6. The summed E-state index contributed by atoms with van der Waals surface area (Å²) in [6.45, 7) is 15.9. The monoisotopic (exact) mass is 787 g/mol. The zero-order valence-electron chi connectivity index (χ0n) is 36.0. The standard InChI is InChI=1S/C59H49NO/c1-36-17-28-48-47-15-11-12-16-55(47)61-57(48)56(36)60(45-13-9-8-10-14-45)46-27-22-39-30-51-52(33-40(39)29-46)54-35-42-32-50(38-20-25-44(26-21-38)59(5,6)7)49(31-41(42)34-53(51)54)37-18-23-43(24-19-37)58(2,3)4/h8-35H,1-7H3. The Morgan fingerprint density at radius 3 is 1.44 bits per heavy atom. The molecule has 0 radical (unpaired) electrons. The molecule has 1 aromatic heterocycles. The highest BCUT2D eigenvalue weighted by molar-refractivity contribution is 6.14. The maximum atomic E-state index is 6.66. The van der Waals surface area contributed by atoms with Crippen LogP contribution < -0.4 is 4.90 Å². The Kier molecular flexibility index (Phi) is 8.25. The second-order valence-electron chi connectivity index (χ2n) is 19.1. The molecule has 0 spiro atoms. The molecular weight excluding hydrogens is 739 g/mol. The van der Waals surface area contributed by atoms with E-state index >= 15 is 0 Å². The predicted octanol–water partition coefficient (Wildman–Crippen LogP) is 17.2. The lowest BCUT2D eigenvalue weighted by atomic mass is 9.77. The van der Waals surface area contributed by atoms with Gasteiger partial charge in [-0.2, -0.15) is 0 Å². The van der Waals surface area contributed by atoms with Gasteiger partial charge in [-0.1, -0.05) is 145 Å². The summed E-state index contributed by atoms with van der Waals surface area (Å²) in [5, 5.41) is 7.22. The van der Waals surface area contributed by atoms with Crippen LogP contribution in [0.2, 0.25) is 0 Å². The fourth-order valence-corrected chi connectivity index (χ4v) is 9.52. The molecule has 0 bridgehead atoms. The van der Waals surface area contributed by atoms with Gasteiger partial charge in [0.25, 0.3) is 0 Å². The zero-order chi connectivity index (χ0) is 41.8. The van der Waals surface area contributed by atoms with Gasteiger partial charge in [0, 0.05) is 22.1 Å². The van der Waals surface area contributed by atoms with E-state index < -0.39 is 0 Å². The minimum absolute atomic E-state index is 0.0928. The summed E-state index contributed by atoms with van der Waals surface area (Å²) >= 11 is 0. The first-order chi connectivity index (χ1) is 29.4. The van der Waals surface area contributed by atoms with Gasteiger partial charge in [-0.3, -0.25) is 0 Å². The molecule has 9 aromatic carbocycles. The minimum Gasteiger partial charge on any atom is -0.454 e. The summed E-state index contributed by atoms with van der Waals surface area (Å²) in [6.07, 6.45) is 0. The van der Waals surface area contributed by atoms with Gasteiger partial charge in [0.2, 0.25) is 0 Å². The fourth-order valence-electron chi connectivity index (χ4n) is 9.52. The van der Waals surface area contributed by atoms with Crippen LogP contribution in [-0.2, 0) is 10.8 Å². The van der Waals surface area contributed by atoms with E-state index in [9.17, 15) is 0 Å². The molecule has 61 heavy (non-hydrogen) atoms. The highest BCUT2D eigenvalue weighted by atomic mass is 16.3. The number of fused-ring (bicyclic) bond motifs is 9. The van der Waals surface area contributed by atoms with Crippen LogP contribution in [0, 0.1) is 6.92 Å². The lowest BCUT2D eigenvalue weighted by Gasteiger charge is -2.29. The van der Waals surface area contributed by atoms with E-state index in [4.69, 9.17) is 4.42 Å². The van der Waals surface area contributed by atoms with Crippen molar-refractivity contribution in [2.75, 3.05) is 4.90 Å². The summed E-state index contributed by atoms with van der Waals surface area (Å²) in [6, 6.07) is 63.2. The van der Waals surface area contributed by atoms with Gasteiger partial charge in [-0.15, -0.1) is 0 Å². The minimum atomic E-state index is 0.0928. The Labute approximate surface area is 358 Å². The third-order valence-corrected chi connectivity index (χ3v) is 13.0. The van der Waals surface area contributed by atoms with Crippen LogP contribution in [0.1, 0.15) is 58.2 Å². The molecule has 296 valence electrons. The summed E-state index contributed by atoms with van der Waals surface area (Å²) in [5.41, 5.74) is 19.3. The van der Waals surface area contributed by atoms with Crippen LogP contribution in [0.25, 0.3) is 88.0 Å². The van der Waals surface area contributed by atoms with E-state index in [1.165, 1.54) is 77.2 Å². The number of hydrogen-bond donors (Lipinski definition) is 0. The highest BCUT2D eigenvalue weighted by Gasteiger charge is 2.27. The second kappa shape index (κ2) is 13.6. The molecule has 0 N–H and O–H groups in total. The van der Waals surface area contributed by atoms with Crippen LogP contribution in [0.15, 0.2) is 174 Å². The van der Waals surface area contributed by atoms with Crippen molar-refractivity contribution in [3.63, 3.8) is 0 Å². The van der Waals surface area contributed by atoms with Crippen LogP contribution in [0.4, 0.5) is 17.1 Å². The molecule has 0 saturated heterocycles. The molecule has 0 saturated carbocycles. The van der Waals surface area contributed by atoms with Crippen molar-refractivity contribution >= 4 is 60.5 Å². The summed E-state index contributed by atoms with van der Waals surface area (Å²) in [7, 11) is 0.